The topological polar surface area (TPSA) is 85.8 Å². The van der Waals surface area contributed by atoms with Crippen LogP contribution < -0.4 is 5.32 Å². The van der Waals surface area contributed by atoms with Gasteiger partial charge in [0.15, 0.2) is 16.6 Å². The SMILES string of the molecule is CCn1cc(-c2cc(C(=O)Nc3nc(-c4cc(C)sc4C)cs3)no2)cn1. The first-order valence-electron chi connectivity index (χ1n) is 8.37. The molecule has 0 fully saturated rings. The van der Waals surface area contributed by atoms with E-state index in [-0.39, 0.29) is 11.6 Å². The van der Waals surface area contributed by atoms with E-state index in [2.05, 4.69) is 40.5 Å². The Bertz CT molecular complexity index is 1100. The average molecular weight is 400 g/mol. The Hall–Kier alpha value is -2.78. The van der Waals surface area contributed by atoms with Gasteiger partial charge < -0.3 is 4.52 Å². The van der Waals surface area contributed by atoms with Crippen LogP contribution in [0.25, 0.3) is 22.6 Å². The lowest BCUT2D eigenvalue weighted by molar-refractivity contribution is 0.101. The molecule has 4 aromatic heterocycles. The standard InChI is InChI=1S/C18H17N5O2S2/c1-4-23-8-12(7-19-23)16-6-14(22-25-16)17(24)21-18-20-15(9-26-18)13-5-10(2)27-11(13)3/h5-9H,4H2,1-3H3,(H,20,21,24). The predicted octanol–water partition coefficient (Wildman–Crippen LogP) is 4.61. The molecule has 0 bridgehead atoms. The smallest absolute Gasteiger partial charge is 0.279 e. The maximum atomic E-state index is 12.5. The molecule has 138 valence electrons. The van der Waals surface area contributed by atoms with E-state index in [9.17, 15) is 4.79 Å². The highest BCUT2D eigenvalue weighted by molar-refractivity contribution is 7.14. The van der Waals surface area contributed by atoms with Crippen molar-refractivity contribution in [3.63, 3.8) is 0 Å². The number of thiazole rings is 1. The predicted molar refractivity (Wildman–Crippen MR) is 106 cm³/mol. The molecule has 9 heteroatoms. The molecule has 4 heterocycles. The fourth-order valence-electron chi connectivity index (χ4n) is 2.68. The van der Waals surface area contributed by atoms with Gasteiger partial charge in [-0.2, -0.15) is 5.10 Å². The number of amides is 1. The van der Waals surface area contributed by atoms with Crippen LogP contribution in [0, 0.1) is 13.8 Å². The lowest BCUT2D eigenvalue weighted by Crippen LogP contribution is -2.11. The molecule has 7 nitrogen and oxygen atoms in total. The minimum atomic E-state index is -0.355. The van der Waals surface area contributed by atoms with Crippen molar-refractivity contribution in [2.75, 3.05) is 5.32 Å². The quantitative estimate of drug-likeness (QED) is 0.529. The summed E-state index contributed by atoms with van der Waals surface area (Å²) in [6, 6.07) is 3.72. The molecule has 27 heavy (non-hydrogen) atoms. The van der Waals surface area contributed by atoms with Gasteiger partial charge in [0.1, 0.15) is 0 Å². The zero-order valence-corrected chi connectivity index (χ0v) is 16.6. The van der Waals surface area contributed by atoms with Gasteiger partial charge in [0.25, 0.3) is 5.91 Å². The zero-order chi connectivity index (χ0) is 19.0. The van der Waals surface area contributed by atoms with Crippen LogP contribution in [0.3, 0.4) is 0 Å². The van der Waals surface area contributed by atoms with E-state index in [0.717, 1.165) is 23.4 Å². The van der Waals surface area contributed by atoms with Crippen molar-refractivity contribution in [1.29, 1.82) is 0 Å². The number of hydrogen-bond acceptors (Lipinski definition) is 7. The molecule has 0 atom stereocenters. The summed E-state index contributed by atoms with van der Waals surface area (Å²) >= 11 is 3.12. The van der Waals surface area contributed by atoms with Crippen molar-refractivity contribution in [1.82, 2.24) is 19.9 Å². The van der Waals surface area contributed by atoms with Gasteiger partial charge in [-0.1, -0.05) is 5.16 Å². The summed E-state index contributed by atoms with van der Waals surface area (Å²) in [5.74, 6) is 0.149. The molecule has 4 aromatic rings. The Labute approximate surface area is 163 Å². The number of hydrogen-bond donors (Lipinski definition) is 1. The third-order valence-corrected chi connectivity index (χ3v) is 5.75. The minimum absolute atomic E-state index is 0.202. The fourth-order valence-corrected chi connectivity index (χ4v) is 4.32. The van der Waals surface area contributed by atoms with Crippen LogP contribution in [0.1, 0.15) is 27.2 Å². The van der Waals surface area contributed by atoms with Crippen LogP contribution in [0.5, 0.6) is 0 Å². The molecule has 0 saturated heterocycles. The normalized spacial score (nSPS) is 11.1. The number of carbonyl (C=O) groups is 1. The van der Waals surface area contributed by atoms with E-state index in [1.54, 1.807) is 28.3 Å². The summed E-state index contributed by atoms with van der Waals surface area (Å²) in [5, 5.41) is 13.3. The maximum absolute atomic E-state index is 12.5. The Morgan fingerprint density at radius 3 is 2.89 bits per heavy atom. The molecule has 0 radical (unpaired) electrons. The second kappa shape index (κ2) is 7.09. The second-order valence-corrected chi connectivity index (χ2v) is 8.30. The third-order valence-electron chi connectivity index (χ3n) is 4.03. The highest BCUT2D eigenvalue weighted by atomic mass is 32.1. The van der Waals surface area contributed by atoms with Gasteiger partial charge in [-0.15, -0.1) is 22.7 Å². The first kappa shape index (κ1) is 17.6. The van der Waals surface area contributed by atoms with E-state index in [4.69, 9.17) is 4.52 Å². The molecule has 0 spiro atoms. The maximum Gasteiger partial charge on any atom is 0.279 e. The van der Waals surface area contributed by atoms with Crippen LogP contribution >= 0.6 is 22.7 Å². The van der Waals surface area contributed by atoms with Crippen LogP contribution in [0.15, 0.2) is 34.4 Å². The Balaban J connectivity index is 1.49. The van der Waals surface area contributed by atoms with Crippen molar-refractivity contribution in [2.24, 2.45) is 0 Å². The Kier molecular flexibility index (Phi) is 4.63. The highest BCUT2D eigenvalue weighted by Gasteiger charge is 2.17. The second-order valence-electron chi connectivity index (χ2n) is 5.98. The molecule has 4 rings (SSSR count). The molecule has 0 aliphatic rings. The lowest BCUT2D eigenvalue weighted by atomic mass is 10.2. The summed E-state index contributed by atoms with van der Waals surface area (Å²) < 4.78 is 7.06. The van der Waals surface area contributed by atoms with E-state index >= 15 is 0 Å². The molecule has 0 saturated carbocycles. The zero-order valence-electron chi connectivity index (χ0n) is 15.0. The van der Waals surface area contributed by atoms with E-state index in [1.807, 2.05) is 18.5 Å². The highest BCUT2D eigenvalue weighted by Crippen LogP contribution is 2.32. The van der Waals surface area contributed by atoms with Gasteiger partial charge in [0.2, 0.25) is 0 Å². The van der Waals surface area contributed by atoms with Crippen LogP contribution in [-0.2, 0) is 6.54 Å². The Morgan fingerprint density at radius 1 is 1.33 bits per heavy atom. The third kappa shape index (κ3) is 3.56. The van der Waals surface area contributed by atoms with Crippen molar-refractivity contribution >= 4 is 33.7 Å². The number of carbonyl (C=O) groups excluding carboxylic acids is 1. The number of anilines is 1. The number of aromatic nitrogens is 4. The fraction of sp³-hybridized carbons (Fsp3) is 0.222. The van der Waals surface area contributed by atoms with Crippen molar-refractivity contribution < 1.29 is 9.32 Å². The summed E-state index contributed by atoms with van der Waals surface area (Å²) in [5.41, 5.74) is 2.95. The monoisotopic (exact) mass is 399 g/mol. The van der Waals surface area contributed by atoms with E-state index < -0.39 is 0 Å². The van der Waals surface area contributed by atoms with Crippen molar-refractivity contribution in [2.45, 2.75) is 27.3 Å². The van der Waals surface area contributed by atoms with Crippen LogP contribution in [0.2, 0.25) is 0 Å². The van der Waals surface area contributed by atoms with Crippen LogP contribution in [0.4, 0.5) is 5.13 Å². The number of nitrogens with one attached hydrogen (secondary N) is 1. The first-order chi connectivity index (χ1) is 13.0. The molecule has 0 aliphatic carbocycles. The molecular formula is C18H17N5O2S2. The molecule has 0 unspecified atom stereocenters. The first-order valence-corrected chi connectivity index (χ1v) is 10.1. The van der Waals surface area contributed by atoms with Gasteiger partial charge in [0, 0.05) is 39.5 Å². The van der Waals surface area contributed by atoms with Gasteiger partial charge in [-0.25, -0.2) is 4.98 Å². The van der Waals surface area contributed by atoms with Crippen LogP contribution in [-0.4, -0.2) is 25.8 Å². The summed E-state index contributed by atoms with van der Waals surface area (Å²) in [6.07, 6.45) is 3.53. The van der Waals surface area contributed by atoms with Gasteiger partial charge in [0.05, 0.1) is 17.5 Å². The molecule has 0 aliphatic heterocycles. The number of rotatable bonds is 5. The van der Waals surface area contributed by atoms with Crippen molar-refractivity contribution in [3.8, 4) is 22.6 Å². The average Bonchev–Trinajstić information content (AvgIpc) is 3.41. The summed E-state index contributed by atoms with van der Waals surface area (Å²) in [6.45, 7) is 6.90. The van der Waals surface area contributed by atoms with E-state index in [1.165, 1.54) is 21.1 Å². The summed E-state index contributed by atoms with van der Waals surface area (Å²) in [4.78, 5) is 19.4. The molecule has 0 aromatic carbocycles. The van der Waals surface area contributed by atoms with E-state index in [0.29, 0.717) is 10.9 Å². The number of aryl methyl sites for hydroxylation is 3. The van der Waals surface area contributed by atoms with Gasteiger partial charge >= 0.3 is 0 Å². The van der Waals surface area contributed by atoms with Gasteiger partial charge in [-0.3, -0.25) is 14.8 Å². The number of thiophene rings is 1. The largest absolute Gasteiger partial charge is 0.355 e. The molecule has 1 amide bonds. The van der Waals surface area contributed by atoms with Crippen molar-refractivity contribution in [3.05, 3.63) is 45.4 Å². The molecule has 1 N–H and O–H groups in total. The molecular weight excluding hydrogens is 382 g/mol. The minimum Gasteiger partial charge on any atom is -0.355 e. The summed E-state index contributed by atoms with van der Waals surface area (Å²) in [7, 11) is 0. The lowest BCUT2D eigenvalue weighted by Gasteiger charge is -1.97. The van der Waals surface area contributed by atoms with Gasteiger partial charge in [-0.05, 0) is 26.8 Å². The Morgan fingerprint density at radius 2 is 2.19 bits per heavy atom. The number of nitrogens with zero attached hydrogens (tertiary/aromatic N) is 4.